The van der Waals surface area contributed by atoms with Gasteiger partial charge in [-0.25, -0.2) is 9.78 Å². The molecule has 0 bridgehead atoms. The van der Waals surface area contributed by atoms with Crippen LogP contribution in [0.5, 0.6) is 0 Å². The Morgan fingerprint density at radius 3 is 2.69 bits per heavy atom. The first-order valence-corrected chi connectivity index (χ1v) is 9.85. The molecule has 0 aliphatic heterocycles. The van der Waals surface area contributed by atoms with Gasteiger partial charge in [0.2, 0.25) is 0 Å². The number of aryl methyl sites for hydroxylation is 2. The maximum Gasteiger partial charge on any atom is 0.333 e. The fourth-order valence-electron chi connectivity index (χ4n) is 3.25. The van der Waals surface area contributed by atoms with Crippen LogP contribution in [0.1, 0.15) is 17.7 Å². The van der Waals surface area contributed by atoms with Crippen molar-refractivity contribution in [2.24, 2.45) is 5.73 Å². The van der Waals surface area contributed by atoms with Crippen molar-refractivity contribution in [3.63, 3.8) is 0 Å². The molecular formula is C23H27N3O3. The van der Waals surface area contributed by atoms with Crippen molar-refractivity contribution in [1.82, 2.24) is 9.55 Å². The SMILES string of the molecule is NCCO[C@@H](Cc1cn(CCCc2cccc(-c3ccccc3)c2)cn1)C(=O)O. The van der Waals surface area contributed by atoms with Crippen LogP contribution in [0.25, 0.3) is 11.1 Å². The van der Waals surface area contributed by atoms with E-state index in [-0.39, 0.29) is 13.0 Å². The molecule has 3 aromatic rings. The van der Waals surface area contributed by atoms with Crippen molar-refractivity contribution in [3.05, 3.63) is 78.4 Å². The molecule has 1 atom stereocenters. The second kappa shape index (κ2) is 10.5. The van der Waals surface area contributed by atoms with E-state index in [1.165, 1.54) is 16.7 Å². The Morgan fingerprint density at radius 2 is 1.93 bits per heavy atom. The molecule has 6 heteroatoms. The molecule has 0 aliphatic rings. The highest BCUT2D eigenvalue weighted by Gasteiger charge is 2.19. The van der Waals surface area contributed by atoms with Gasteiger partial charge in [0, 0.05) is 25.7 Å². The van der Waals surface area contributed by atoms with Gasteiger partial charge in [0.15, 0.2) is 6.10 Å². The molecule has 0 saturated heterocycles. The van der Waals surface area contributed by atoms with E-state index in [2.05, 4.69) is 53.5 Å². The number of nitrogens with two attached hydrogens (primary N) is 1. The molecule has 2 aromatic carbocycles. The molecule has 1 aromatic heterocycles. The fraction of sp³-hybridized carbons (Fsp3) is 0.304. The summed E-state index contributed by atoms with van der Waals surface area (Å²) >= 11 is 0. The summed E-state index contributed by atoms with van der Waals surface area (Å²) in [6.07, 6.45) is 4.90. The molecule has 0 amide bonds. The minimum absolute atomic E-state index is 0.222. The van der Waals surface area contributed by atoms with E-state index in [9.17, 15) is 9.90 Å². The number of imidazole rings is 1. The third-order valence-corrected chi connectivity index (χ3v) is 4.71. The van der Waals surface area contributed by atoms with Crippen molar-refractivity contribution >= 4 is 5.97 Å². The first-order chi connectivity index (χ1) is 14.2. The molecule has 1 heterocycles. The van der Waals surface area contributed by atoms with Crippen LogP contribution in [0.3, 0.4) is 0 Å². The van der Waals surface area contributed by atoms with Gasteiger partial charge in [-0.1, -0.05) is 54.6 Å². The molecule has 3 rings (SSSR count). The number of nitrogens with zero attached hydrogens (tertiary/aromatic N) is 2. The maximum atomic E-state index is 11.3. The third kappa shape index (κ3) is 6.27. The smallest absolute Gasteiger partial charge is 0.333 e. The molecule has 3 N–H and O–H groups in total. The zero-order valence-electron chi connectivity index (χ0n) is 16.4. The van der Waals surface area contributed by atoms with E-state index in [4.69, 9.17) is 10.5 Å². The quantitative estimate of drug-likeness (QED) is 0.522. The molecule has 6 nitrogen and oxygen atoms in total. The van der Waals surface area contributed by atoms with Gasteiger partial charge in [-0.2, -0.15) is 0 Å². The number of aromatic nitrogens is 2. The highest BCUT2D eigenvalue weighted by molar-refractivity contribution is 5.72. The van der Waals surface area contributed by atoms with Gasteiger partial charge in [0.05, 0.1) is 18.6 Å². The largest absolute Gasteiger partial charge is 0.479 e. The predicted octanol–water partition coefficient (Wildman–Crippen LogP) is 3.15. The molecule has 0 unspecified atom stereocenters. The molecule has 152 valence electrons. The average Bonchev–Trinajstić information content (AvgIpc) is 3.19. The second-order valence-corrected chi connectivity index (χ2v) is 6.96. The monoisotopic (exact) mass is 393 g/mol. The lowest BCUT2D eigenvalue weighted by Crippen LogP contribution is -2.28. The lowest BCUT2D eigenvalue weighted by molar-refractivity contribution is -0.150. The summed E-state index contributed by atoms with van der Waals surface area (Å²) in [5.41, 5.74) is 9.84. The highest BCUT2D eigenvalue weighted by atomic mass is 16.5. The van der Waals surface area contributed by atoms with Crippen LogP contribution in [-0.4, -0.2) is 39.9 Å². The Balaban J connectivity index is 1.52. The lowest BCUT2D eigenvalue weighted by atomic mass is 10.0. The van der Waals surface area contributed by atoms with E-state index in [0.29, 0.717) is 12.2 Å². The number of ether oxygens (including phenoxy) is 1. The zero-order valence-corrected chi connectivity index (χ0v) is 16.4. The fourth-order valence-corrected chi connectivity index (χ4v) is 3.25. The van der Waals surface area contributed by atoms with Crippen molar-refractivity contribution in [1.29, 1.82) is 0 Å². The molecule has 0 radical (unpaired) electrons. The number of hydrogen-bond acceptors (Lipinski definition) is 4. The minimum Gasteiger partial charge on any atom is -0.479 e. The molecule has 29 heavy (non-hydrogen) atoms. The summed E-state index contributed by atoms with van der Waals surface area (Å²) in [4.78, 5) is 15.6. The minimum atomic E-state index is -0.994. The third-order valence-electron chi connectivity index (χ3n) is 4.71. The van der Waals surface area contributed by atoms with Crippen molar-refractivity contribution in [2.75, 3.05) is 13.2 Å². The Bertz CT molecular complexity index is 908. The Labute approximate surface area is 171 Å². The molecule has 0 aliphatic carbocycles. The Morgan fingerprint density at radius 1 is 1.14 bits per heavy atom. The average molecular weight is 393 g/mol. The van der Waals surface area contributed by atoms with Crippen LogP contribution in [0.2, 0.25) is 0 Å². The van der Waals surface area contributed by atoms with Crippen LogP contribution in [0.15, 0.2) is 67.1 Å². The van der Waals surface area contributed by atoms with Gasteiger partial charge in [-0.15, -0.1) is 0 Å². The predicted molar refractivity (Wildman–Crippen MR) is 113 cm³/mol. The summed E-state index contributed by atoms with van der Waals surface area (Å²) in [6.45, 7) is 1.34. The van der Waals surface area contributed by atoms with Gasteiger partial charge in [0.25, 0.3) is 0 Å². The molecule has 0 fully saturated rings. The summed E-state index contributed by atoms with van der Waals surface area (Å²) in [5.74, 6) is -0.994. The van der Waals surface area contributed by atoms with Crippen molar-refractivity contribution < 1.29 is 14.6 Å². The van der Waals surface area contributed by atoms with E-state index < -0.39 is 12.1 Å². The normalized spacial score (nSPS) is 12.0. The van der Waals surface area contributed by atoms with Crippen LogP contribution < -0.4 is 5.73 Å². The molecule has 0 spiro atoms. The summed E-state index contributed by atoms with van der Waals surface area (Å²) < 4.78 is 7.28. The van der Waals surface area contributed by atoms with E-state index in [1.54, 1.807) is 6.33 Å². The first kappa shape index (κ1) is 20.8. The van der Waals surface area contributed by atoms with Crippen molar-refractivity contribution in [2.45, 2.75) is 31.9 Å². The standard InChI is InChI=1S/C23H27N3O3/c24-11-13-29-22(23(27)28)15-21-16-26(17-25-21)12-5-7-18-6-4-10-20(14-18)19-8-2-1-3-9-19/h1-4,6,8-10,14,16-17,22H,5,7,11-13,15,24H2,(H,27,28)/t22-/m0/s1. The number of carboxylic acids is 1. The first-order valence-electron chi connectivity index (χ1n) is 9.85. The molecular weight excluding hydrogens is 366 g/mol. The number of carboxylic acid groups (broad SMARTS) is 1. The van der Waals surface area contributed by atoms with Gasteiger partial charge >= 0.3 is 5.97 Å². The maximum absolute atomic E-state index is 11.3. The van der Waals surface area contributed by atoms with Gasteiger partial charge in [0.1, 0.15) is 0 Å². The van der Waals surface area contributed by atoms with Crippen LogP contribution in [0, 0.1) is 0 Å². The summed E-state index contributed by atoms with van der Waals surface area (Å²) in [6, 6.07) is 19.0. The van der Waals surface area contributed by atoms with E-state index in [1.807, 2.05) is 16.8 Å². The number of hydrogen-bond donors (Lipinski definition) is 2. The van der Waals surface area contributed by atoms with Crippen molar-refractivity contribution in [3.8, 4) is 11.1 Å². The molecule has 0 saturated carbocycles. The van der Waals surface area contributed by atoms with Gasteiger partial charge in [-0.05, 0) is 29.5 Å². The van der Waals surface area contributed by atoms with E-state index in [0.717, 1.165) is 19.4 Å². The van der Waals surface area contributed by atoms with Crippen LogP contribution in [0.4, 0.5) is 0 Å². The number of benzene rings is 2. The highest BCUT2D eigenvalue weighted by Crippen LogP contribution is 2.20. The van der Waals surface area contributed by atoms with Crippen LogP contribution >= 0.6 is 0 Å². The lowest BCUT2D eigenvalue weighted by Gasteiger charge is -2.11. The Kier molecular flexibility index (Phi) is 7.55. The van der Waals surface area contributed by atoms with E-state index >= 15 is 0 Å². The Hall–Kier alpha value is -2.96. The second-order valence-electron chi connectivity index (χ2n) is 6.96. The number of rotatable bonds is 11. The topological polar surface area (TPSA) is 90.4 Å². The number of aliphatic carboxylic acids is 1. The van der Waals surface area contributed by atoms with Crippen LogP contribution in [-0.2, 0) is 28.9 Å². The number of carbonyl (C=O) groups is 1. The van der Waals surface area contributed by atoms with Gasteiger partial charge in [-0.3, -0.25) is 0 Å². The summed E-state index contributed by atoms with van der Waals surface area (Å²) in [5, 5.41) is 9.24. The van der Waals surface area contributed by atoms with Gasteiger partial charge < -0.3 is 20.1 Å². The zero-order chi connectivity index (χ0) is 20.5. The summed E-state index contributed by atoms with van der Waals surface area (Å²) in [7, 11) is 0.